The Morgan fingerprint density at radius 3 is 2.90 bits per heavy atom. The maximum Gasteiger partial charge on any atom is 0.156 e. The zero-order valence-electron chi connectivity index (χ0n) is 12.4. The highest BCUT2D eigenvalue weighted by molar-refractivity contribution is 9.10. The van der Waals surface area contributed by atoms with Crippen LogP contribution in [0.1, 0.15) is 19.4 Å². The van der Waals surface area contributed by atoms with Crippen LogP contribution in [-0.2, 0) is 13.6 Å². The van der Waals surface area contributed by atoms with Gasteiger partial charge in [-0.05, 0) is 24.3 Å². The van der Waals surface area contributed by atoms with Crippen LogP contribution in [0.2, 0.25) is 0 Å². The summed E-state index contributed by atoms with van der Waals surface area (Å²) in [6.45, 7) is 5.05. The van der Waals surface area contributed by atoms with Gasteiger partial charge in [0, 0.05) is 41.3 Å². The van der Waals surface area contributed by atoms with Crippen molar-refractivity contribution in [2.45, 2.75) is 26.4 Å². The molecule has 110 valence electrons. The average molecular weight is 348 g/mol. The van der Waals surface area contributed by atoms with Gasteiger partial charge in [-0.1, -0.05) is 29.8 Å². The van der Waals surface area contributed by atoms with Gasteiger partial charge < -0.3 is 9.73 Å². The third-order valence-corrected chi connectivity index (χ3v) is 3.81. The molecule has 2 aromatic heterocycles. The molecule has 0 unspecified atom stereocenters. The SMILES string of the molecule is CC(C)NCc1cn(C)nc1-c1cc2cc(Br)ccc2o1. The minimum Gasteiger partial charge on any atom is -0.454 e. The van der Waals surface area contributed by atoms with Gasteiger partial charge in [-0.3, -0.25) is 4.68 Å². The first-order valence-corrected chi connectivity index (χ1v) is 7.77. The van der Waals surface area contributed by atoms with E-state index in [0.29, 0.717) is 6.04 Å². The molecule has 0 aliphatic heterocycles. The normalized spacial score (nSPS) is 11.7. The van der Waals surface area contributed by atoms with E-state index >= 15 is 0 Å². The number of furan rings is 1. The minimum absolute atomic E-state index is 0.435. The summed E-state index contributed by atoms with van der Waals surface area (Å²) < 4.78 is 8.82. The van der Waals surface area contributed by atoms with Gasteiger partial charge in [0.25, 0.3) is 0 Å². The molecule has 5 heteroatoms. The van der Waals surface area contributed by atoms with Crippen LogP contribution in [-0.4, -0.2) is 15.8 Å². The number of nitrogens with one attached hydrogen (secondary N) is 1. The first kappa shape index (κ1) is 14.4. The third-order valence-electron chi connectivity index (χ3n) is 3.32. The van der Waals surface area contributed by atoms with Gasteiger partial charge in [0.15, 0.2) is 5.76 Å². The fourth-order valence-electron chi connectivity index (χ4n) is 2.32. The smallest absolute Gasteiger partial charge is 0.156 e. The van der Waals surface area contributed by atoms with Crippen molar-refractivity contribution in [3.05, 3.63) is 40.5 Å². The molecule has 0 aliphatic rings. The van der Waals surface area contributed by atoms with Crippen LogP contribution >= 0.6 is 15.9 Å². The second-order valence-electron chi connectivity index (χ2n) is 5.51. The lowest BCUT2D eigenvalue weighted by Crippen LogP contribution is -2.21. The van der Waals surface area contributed by atoms with Crippen molar-refractivity contribution in [2.75, 3.05) is 0 Å². The van der Waals surface area contributed by atoms with Crippen molar-refractivity contribution in [3.63, 3.8) is 0 Å². The summed E-state index contributed by atoms with van der Waals surface area (Å²) in [6, 6.07) is 8.48. The van der Waals surface area contributed by atoms with Crippen molar-refractivity contribution in [1.82, 2.24) is 15.1 Å². The summed E-state index contributed by atoms with van der Waals surface area (Å²) in [5.74, 6) is 0.809. The maximum absolute atomic E-state index is 5.95. The predicted molar refractivity (Wildman–Crippen MR) is 88.1 cm³/mol. The molecule has 4 nitrogen and oxygen atoms in total. The van der Waals surface area contributed by atoms with Crippen LogP contribution in [0.4, 0.5) is 0 Å². The highest BCUT2D eigenvalue weighted by Crippen LogP contribution is 2.30. The van der Waals surface area contributed by atoms with Crippen LogP contribution in [0.3, 0.4) is 0 Å². The zero-order valence-corrected chi connectivity index (χ0v) is 13.9. The molecule has 2 heterocycles. The Labute approximate surface area is 132 Å². The van der Waals surface area contributed by atoms with Crippen LogP contribution < -0.4 is 5.32 Å². The molecule has 21 heavy (non-hydrogen) atoms. The Bertz CT molecular complexity index is 773. The standard InChI is InChI=1S/C16H18BrN3O/c1-10(2)18-8-12-9-20(3)19-16(12)15-7-11-6-13(17)4-5-14(11)21-15/h4-7,9-10,18H,8H2,1-3H3. The van der Waals surface area contributed by atoms with E-state index in [0.717, 1.165) is 39.0 Å². The van der Waals surface area contributed by atoms with Gasteiger partial charge in [0.1, 0.15) is 11.3 Å². The van der Waals surface area contributed by atoms with E-state index < -0.39 is 0 Å². The number of aromatic nitrogens is 2. The number of rotatable bonds is 4. The number of hydrogen-bond donors (Lipinski definition) is 1. The molecular formula is C16H18BrN3O. The number of fused-ring (bicyclic) bond motifs is 1. The number of hydrogen-bond acceptors (Lipinski definition) is 3. The molecule has 0 saturated heterocycles. The Morgan fingerprint density at radius 2 is 2.14 bits per heavy atom. The second kappa shape index (κ2) is 5.66. The topological polar surface area (TPSA) is 43.0 Å². The van der Waals surface area contributed by atoms with Gasteiger partial charge >= 0.3 is 0 Å². The van der Waals surface area contributed by atoms with Crippen molar-refractivity contribution in [3.8, 4) is 11.5 Å². The van der Waals surface area contributed by atoms with Crippen molar-refractivity contribution in [2.24, 2.45) is 7.05 Å². The summed E-state index contributed by atoms with van der Waals surface area (Å²) in [6.07, 6.45) is 2.04. The van der Waals surface area contributed by atoms with E-state index in [9.17, 15) is 0 Å². The predicted octanol–water partition coefficient (Wildman–Crippen LogP) is 4.09. The molecule has 0 atom stereocenters. The van der Waals surface area contributed by atoms with Crippen LogP contribution in [0.15, 0.2) is 39.4 Å². The minimum atomic E-state index is 0.435. The van der Waals surface area contributed by atoms with E-state index in [4.69, 9.17) is 4.42 Å². The molecule has 0 spiro atoms. The van der Waals surface area contributed by atoms with E-state index in [1.54, 1.807) is 0 Å². The molecule has 0 bridgehead atoms. The van der Waals surface area contributed by atoms with Crippen LogP contribution in [0, 0.1) is 0 Å². The van der Waals surface area contributed by atoms with E-state index in [2.05, 4.69) is 46.3 Å². The lowest BCUT2D eigenvalue weighted by atomic mass is 10.2. The highest BCUT2D eigenvalue weighted by Gasteiger charge is 2.15. The molecular weight excluding hydrogens is 330 g/mol. The zero-order chi connectivity index (χ0) is 15.0. The summed E-state index contributed by atoms with van der Waals surface area (Å²) in [5, 5.41) is 9.05. The molecule has 3 aromatic rings. The summed E-state index contributed by atoms with van der Waals surface area (Å²) in [4.78, 5) is 0. The third kappa shape index (κ3) is 3.04. The van der Waals surface area contributed by atoms with Gasteiger partial charge in [0.05, 0.1) is 0 Å². The monoisotopic (exact) mass is 347 g/mol. The summed E-state index contributed by atoms with van der Waals surface area (Å²) in [7, 11) is 1.93. The first-order valence-electron chi connectivity index (χ1n) is 6.98. The lowest BCUT2D eigenvalue weighted by Gasteiger charge is -2.06. The summed E-state index contributed by atoms with van der Waals surface area (Å²) in [5.41, 5.74) is 2.92. The number of halogens is 1. The first-order chi connectivity index (χ1) is 10.0. The lowest BCUT2D eigenvalue weighted by molar-refractivity contribution is 0.586. The highest BCUT2D eigenvalue weighted by atomic mass is 79.9. The second-order valence-corrected chi connectivity index (χ2v) is 6.42. The molecule has 1 N–H and O–H groups in total. The van der Waals surface area contributed by atoms with E-state index in [-0.39, 0.29) is 0 Å². The molecule has 1 aromatic carbocycles. The van der Waals surface area contributed by atoms with Crippen molar-refractivity contribution >= 4 is 26.9 Å². The largest absolute Gasteiger partial charge is 0.454 e. The van der Waals surface area contributed by atoms with Gasteiger partial charge in [-0.2, -0.15) is 5.10 Å². The fraction of sp³-hybridized carbons (Fsp3) is 0.312. The van der Waals surface area contributed by atoms with E-state index in [1.807, 2.05) is 36.1 Å². The van der Waals surface area contributed by atoms with Crippen LogP contribution in [0.25, 0.3) is 22.4 Å². The average Bonchev–Trinajstić information content (AvgIpc) is 2.98. The van der Waals surface area contributed by atoms with Crippen molar-refractivity contribution in [1.29, 1.82) is 0 Å². The Morgan fingerprint density at radius 1 is 1.33 bits per heavy atom. The Balaban J connectivity index is 2.01. The fourth-order valence-corrected chi connectivity index (χ4v) is 2.70. The van der Waals surface area contributed by atoms with Crippen LogP contribution in [0.5, 0.6) is 0 Å². The van der Waals surface area contributed by atoms with Gasteiger partial charge in [0.2, 0.25) is 0 Å². The number of aryl methyl sites for hydroxylation is 1. The maximum atomic E-state index is 5.95. The Hall–Kier alpha value is -1.59. The molecule has 3 rings (SSSR count). The van der Waals surface area contributed by atoms with Gasteiger partial charge in [-0.25, -0.2) is 0 Å². The Kier molecular flexibility index (Phi) is 3.87. The number of nitrogens with zero attached hydrogens (tertiary/aromatic N) is 2. The summed E-state index contributed by atoms with van der Waals surface area (Å²) >= 11 is 3.49. The van der Waals surface area contributed by atoms with Gasteiger partial charge in [-0.15, -0.1) is 0 Å². The molecule has 0 aliphatic carbocycles. The molecule has 0 radical (unpaired) electrons. The van der Waals surface area contributed by atoms with Crippen molar-refractivity contribution < 1.29 is 4.42 Å². The molecule has 0 fully saturated rings. The molecule has 0 amide bonds. The molecule has 0 saturated carbocycles. The van der Waals surface area contributed by atoms with E-state index in [1.165, 1.54) is 0 Å². The quantitative estimate of drug-likeness (QED) is 0.772. The number of benzene rings is 1.